The van der Waals surface area contributed by atoms with Crippen LogP contribution in [0.1, 0.15) is 12.7 Å². The number of hydrogen-bond donors (Lipinski definition) is 1. The molecule has 0 aliphatic heterocycles. The first kappa shape index (κ1) is 11.7. The van der Waals surface area contributed by atoms with Crippen LogP contribution in [-0.2, 0) is 18.4 Å². The van der Waals surface area contributed by atoms with Gasteiger partial charge >= 0.3 is 5.97 Å². The fraction of sp³-hybridized carbons (Fsp3) is 0.600. The molecule has 0 aliphatic carbocycles. The van der Waals surface area contributed by atoms with Gasteiger partial charge in [0.25, 0.3) is 0 Å². The van der Waals surface area contributed by atoms with Crippen LogP contribution in [0.3, 0.4) is 0 Å². The number of aromatic nitrogens is 2. The Kier molecular flexibility index (Phi) is 3.85. The van der Waals surface area contributed by atoms with Gasteiger partial charge in [-0.25, -0.2) is 4.98 Å². The van der Waals surface area contributed by atoms with Crippen molar-refractivity contribution in [3.8, 4) is 0 Å². The van der Waals surface area contributed by atoms with Crippen LogP contribution in [0.15, 0.2) is 12.4 Å². The predicted molar refractivity (Wildman–Crippen MR) is 56.3 cm³/mol. The van der Waals surface area contributed by atoms with Gasteiger partial charge in [0, 0.05) is 26.0 Å². The van der Waals surface area contributed by atoms with E-state index < -0.39 is 5.97 Å². The van der Waals surface area contributed by atoms with Gasteiger partial charge in [0.15, 0.2) is 0 Å². The summed E-state index contributed by atoms with van der Waals surface area (Å²) in [5, 5.41) is 8.76. The summed E-state index contributed by atoms with van der Waals surface area (Å²) < 4.78 is 1.93. The highest BCUT2D eigenvalue weighted by Crippen LogP contribution is 2.03. The van der Waals surface area contributed by atoms with Gasteiger partial charge in [-0.05, 0) is 7.05 Å². The Bertz CT molecular complexity index is 335. The lowest BCUT2D eigenvalue weighted by Gasteiger charge is -2.18. The van der Waals surface area contributed by atoms with E-state index in [0.717, 1.165) is 5.82 Å². The number of hydrogen-bond acceptors (Lipinski definition) is 3. The largest absolute Gasteiger partial charge is 0.481 e. The van der Waals surface area contributed by atoms with Gasteiger partial charge in [-0.1, -0.05) is 6.92 Å². The number of carbonyl (C=O) groups is 1. The van der Waals surface area contributed by atoms with Crippen molar-refractivity contribution in [2.75, 3.05) is 13.6 Å². The standard InChI is InChI=1S/C10H17N3O2/c1-8(10(14)15)6-12(2)7-9-11-4-5-13(9)3/h4-5,8H,6-7H2,1-3H3,(H,14,15). The van der Waals surface area contributed by atoms with Crippen molar-refractivity contribution in [3.63, 3.8) is 0 Å². The monoisotopic (exact) mass is 211 g/mol. The molecule has 1 aromatic rings. The third kappa shape index (κ3) is 3.36. The molecule has 1 N–H and O–H groups in total. The van der Waals surface area contributed by atoms with Gasteiger partial charge in [-0.15, -0.1) is 0 Å². The minimum atomic E-state index is -0.762. The average molecular weight is 211 g/mol. The second-order valence-electron chi connectivity index (χ2n) is 3.89. The molecule has 1 aromatic heterocycles. The zero-order valence-electron chi connectivity index (χ0n) is 9.34. The second-order valence-corrected chi connectivity index (χ2v) is 3.89. The molecule has 84 valence electrons. The van der Waals surface area contributed by atoms with Crippen molar-refractivity contribution in [1.82, 2.24) is 14.5 Å². The normalized spacial score (nSPS) is 13.1. The van der Waals surface area contributed by atoms with Gasteiger partial charge in [0.05, 0.1) is 12.5 Å². The first-order valence-electron chi connectivity index (χ1n) is 4.88. The molecule has 0 aromatic carbocycles. The molecule has 0 amide bonds. The highest BCUT2D eigenvalue weighted by Gasteiger charge is 2.14. The first-order chi connectivity index (χ1) is 7.00. The summed E-state index contributed by atoms with van der Waals surface area (Å²) in [5.74, 6) is -0.174. The highest BCUT2D eigenvalue weighted by atomic mass is 16.4. The molecule has 1 unspecified atom stereocenters. The maximum absolute atomic E-state index is 10.7. The number of nitrogens with zero attached hydrogens (tertiary/aromatic N) is 3. The number of rotatable bonds is 5. The number of aliphatic carboxylic acids is 1. The molecule has 5 nitrogen and oxygen atoms in total. The zero-order chi connectivity index (χ0) is 11.4. The van der Waals surface area contributed by atoms with E-state index in [0.29, 0.717) is 13.1 Å². The van der Waals surface area contributed by atoms with Crippen LogP contribution < -0.4 is 0 Å². The van der Waals surface area contributed by atoms with Crippen LogP contribution in [-0.4, -0.2) is 39.1 Å². The van der Waals surface area contributed by atoms with Gasteiger partial charge in [-0.3, -0.25) is 9.69 Å². The van der Waals surface area contributed by atoms with Crippen LogP contribution in [0.2, 0.25) is 0 Å². The van der Waals surface area contributed by atoms with E-state index in [1.165, 1.54) is 0 Å². The zero-order valence-corrected chi connectivity index (χ0v) is 9.34. The molecule has 0 aliphatic rings. The quantitative estimate of drug-likeness (QED) is 0.773. The summed E-state index contributed by atoms with van der Waals surface area (Å²) in [6, 6.07) is 0. The Morgan fingerprint density at radius 1 is 1.73 bits per heavy atom. The van der Waals surface area contributed by atoms with E-state index in [9.17, 15) is 4.79 Å². The molecule has 0 bridgehead atoms. The van der Waals surface area contributed by atoms with Gasteiger partial charge < -0.3 is 9.67 Å². The number of carboxylic acid groups (broad SMARTS) is 1. The molecule has 5 heteroatoms. The predicted octanol–water partition coefficient (Wildman–Crippen LogP) is 0.573. The summed E-state index contributed by atoms with van der Waals surface area (Å²) in [5.41, 5.74) is 0. The molecule has 1 heterocycles. The SMILES string of the molecule is CC(CN(C)Cc1nccn1C)C(=O)O. The average Bonchev–Trinajstić information content (AvgIpc) is 2.51. The van der Waals surface area contributed by atoms with Gasteiger partial charge in [0.2, 0.25) is 0 Å². The Morgan fingerprint density at radius 3 is 2.87 bits per heavy atom. The van der Waals surface area contributed by atoms with Crippen molar-refractivity contribution in [2.45, 2.75) is 13.5 Å². The number of imidazole rings is 1. The minimum Gasteiger partial charge on any atom is -0.481 e. The minimum absolute atomic E-state index is 0.352. The molecule has 0 radical (unpaired) electrons. The molecular weight excluding hydrogens is 194 g/mol. The van der Waals surface area contributed by atoms with E-state index in [1.807, 2.05) is 29.8 Å². The summed E-state index contributed by atoms with van der Waals surface area (Å²) in [6.07, 6.45) is 3.62. The fourth-order valence-electron chi connectivity index (χ4n) is 1.40. The highest BCUT2D eigenvalue weighted by molar-refractivity contribution is 5.69. The van der Waals surface area contributed by atoms with Gasteiger partial charge in [0.1, 0.15) is 5.82 Å². The lowest BCUT2D eigenvalue weighted by Crippen LogP contribution is -2.29. The summed E-state index contributed by atoms with van der Waals surface area (Å²) in [7, 11) is 3.82. The Hall–Kier alpha value is -1.36. The smallest absolute Gasteiger partial charge is 0.307 e. The fourth-order valence-corrected chi connectivity index (χ4v) is 1.40. The second kappa shape index (κ2) is 4.93. The van der Waals surface area contributed by atoms with Crippen molar-refractivity contribution >= 4 is 5.97 Å². The van der Waals surface area contributed by atoms with E-state index >= 15 is 0 Å². The lowest BCUT2D eigenvalue weighted by atomic mass is 10.2. The van der Waals surface area contributed by atoms with Crippen molar-refractivity contribution in [3.05, 3.63) is 18.2 Å². The molecule has 1 rings (SSSR count). The summed E-state index contributed by atoms with van der Waals surface area (Å²) >= 11 is 0. The number of aryl methyl sites for hydroxylation is 1. The van der Waals surface area contributed by atoms with Crippen molar-refractivity contribution in [2.24, 2.45) is 13.0 Å². The van der Waals surface area contributed by atoms with E-state index in [-0.39, 0.29) is 5.92 Å². The maximum atomic E-state index is 10.7. The Labute approximate surface area is 89.3 Å². The molecule has 15 heavy (non-hydrogen) atoms. The lowest BCUT2D eigenvalue weighted by molar-refractivity contribution is -0.141. The maximum Gasteiger partial charge on any atom is 0.307 e. The molecule has 0 saturated carbocycles. The van der Waals surface area contributed by atoms with Crippen LogP contribution in [0.25, 0.3) is 0 Å². The van der Waals surface area contributed by atoms with Crippen LogP contribution in [0.4, 0.5) is 0 Å². The van der Waals surface area contributed by atoms with E-state index in [4.69, 9.17) is 5.11 Å². The molecule has 0 fully saturated rings. The van der Waals surface area contributed by atoms with Crippen LogP contribution >= 0.6 is 0 Å². The van der Waals surface area contributed by atoms with E-state index in [1.54, 1.807) is 13.1 Å². The van der Waals surface area contributed by atoms with E-state index in [2.05, 4.69) is 4.98 Å². The molecule has 0 saturated heterocycles. The third-order valence-electron chi connectivity index (χ3n) is 2.34. The summed E-state index contributed by atoms with van der Waals surface area (Å²) in [6.45, 7) is 2.90. The first-order valence-corrected chi connectivity index (χ1v) is 4.88. The Balaban J connectivity index is 2.46. The molecule has 0 spiro atoms. The molecule has 1 atom stereocenters. The third-order valence-corrected chi connectivity index (χ3v) is 2.34. The van der Waals surface area contributed by atoms with Crippen molar-refractivity contribution in [1.29, 1.82) is 0 Å². The Morgan fingerprint density at radius 2 is 2.40 bits per heavy atom. The molecular formula is C10H17N3O2. The van der Waals surface area contributed by atoms with Crippen LogP contribution in [0, 0.1) is 5.92 Å². The van der Waals surface area contributed by atoms with Gasteiger partial charge in [-0.2, -0.15) is 0 Å². The van der Waals surface area contributed by atoms with Crippen molar-refractivity contribution < 1.29 is 9.90 Å². The summed E-state index contributed by atoms with van der Waals surface area (Å²) in [4.78, 5) is 16.8. The number of carboxylic acids is 1. The van der Waals surface area contributed by atoms with Crippen LogP contribution in [0.5, 0.6) is 0 Å². The topological polar surface area (TPSA) is 58.4 Å².